The molecule has 0 unspecified atom stereocenters. The predicted octanol–water partition coefficient (Wildman–Crippen LogP) is 4.60. The Labute approximate surface area is 177 Å². The van der Waals surface area contributed by atoms with Crippen molar-refractivity contribution in [2.24, 2.45) is 17.1 Å². The first-order valence-corrected chi connectivity index (χ1v) is 10.9. The minimum Gasteiger partial charge on any atom is -0.490 e. The summed E-state index contributed by atoms with van der Waals surface area (Å²) in [5.41, 5.74) is 6.32. The second-order valence-electron chi connectivity index (χ2n) is 9.58. The Morgan fingerprint density at radius 3 is 2.70 bits per heavy atom. The molecule has 2 aromatic rings. The van der Waals surface area contributed by atoms with Crippen LogP contribution in [0.3, 0.4) is 0 Å². The van der Waals surface area contributed by atoms with E-state index in [1.54, 1.807) is 4.57 Å². The van der Waals surface area contributed by atoms with Crippen molar-refractivity contribution in [3.05, 3.63) is 34.9 Å². The van der Waals surface area contributed by atoms with Crippen LogP contribution in [-0.4, -0.2) is 22.7 Å². The number of anilines is 2. The molecule has 0 amide bonds. The topological polar surface area (TPSA) is 91.4 Å². The molecule has 0 spiro atoms. The lowest BCUT2D eigenvalue weighted by Gasteiger charge is -2.33. The summed E-state index contributed by atoms with van der Waals surface area (Å²) < 4.78 is 13.5. The number of benzene rings is 1. The zero-order chi connectivity index (χ0) is 21.3. The van der Waals surface area contributed by atoms with Gasteiger partial charge in [-0.25, -0.2) is 4.79 Å². The number of hydrogen-bond acceptors (Lipinski definition) is 6. The van der Waals surface area contributed by atoms with E-state index in [0.717, 1.165) is 31.6 Å². The minimum atomic E-state index is -0.243. The molecular weight excluding hydrogens is 380 g/mol. The summed E-state index contributed by atoms with van der Waals surface area (Å²) in [4.78, 5) is 17.1. The first-order chi connectivity index (χ1) is 14.3. The Kier molecular flexibility index (Phi) is 5.73. The molecule has 0 bridgehead atoms. The Bertz CT molecular complexity index is 956. The molecule has 0 saturated heterocycles. The molecule has 7 heteroatoms. The van der Waals surface area contributed by atoms with Gasteiger partial charge in [0.05, 0.1) is 6.20 Å². The summed E-state index contributed by atoms with van der Waals surface area (Å²) in [5, 5.41) is 3.21. The normalized spacial score (nSPS) is 20.5. The fourth-order valence-corrected chi connectivity index (χ4v) is 4.62. The van der Waals surface area contributed by atoms with Gasteiger partial charge in [-0.3, -0.25) is 4.57 Å². The van der Waals surface area contributed by atoms with Gasteiger partial charge in [-0.1, -0.05) is 26.8 Å². The summed E-state index contributed by atoms with van der Waals surface area (Å²) >= 11 is 0. The first kappa shape index (κ1) is 20.7. The summed E-state index contributed by atoms with van der Waals surface area (Å²) in [7, 11) is 0. The number of ether oxygens (including phenoxy) is 2. The monoisotopic (exact) mass is 412 g/mol. The molecule has 7 nitrogen and oxygen atoms in total. The van der Waals surface area contributed by atoms with Gasteiger partial charge < -0.3 is 20.5 Å². The number of para-hydroxylation sites is 1. The predicted molar refractivity (Wildman–Crippen MR) is 118 cm³/mol. The third kappa shape index (κ3) is 4.46. The highest BCUT2D eigenvalue weighted by molar-refractivity contribution is 5.77. The zero-order valence-electron chi connectivity index (χ0n) is 18.1. The van der Waals surface area contributed by atoms with Gasteiger partial charge in [0, 0.05) is 12.6 Å². The van der Waals surface area contributed by atoms with E-state index in [9.17, 15) is 4.79 Å². The Morgan fingerprint density at radius 1 is 1.23 bits per heavy atom. The maximum absolute atomic E-state index is 12.8. The van der Waals surface area contributed by atoms with E-state index in [1.807, 2.05) is 24.4 Å². The van der Waals surface area contributed by atoms with Crippen LogP contribution in [0.15, 0.2) is 29.2 Å². The number of rotatable bonds is 5. The van der Waals surface area contributed by atoms with E-state index in [0.29, 0.717) is 47.3 Å². The summed E-state index contributed by atoms with van der Waals surface area (Å²) in [6.07, 6.45) is 7.34. The van der Waals surface area contributed by atoms with Gasteiger partial charge in [0.1, 0.15) is 18.0 Å². The molecule has 1 aliphatic heterocycles. The van der Waals surface area contributed by atoms with Crippen LogP contribution in [0.25, 0.3) is 0 Å². The maximum Gasteiger partial charge on any atom is 0.350 e. The molecule has 1 aliphatic carbocycles. The van der Waals surface area contributed by atoms with E-state index in [4.69, 9.17) is 15.2 Å². The van der Waals surface area contributed by atoms with Crippen molar-refractivity contribution in [2.45, 2.75) is 58.9 Å². The van der Waals surface area contributed by atoms with Crippen LogP contribution in [0.4, 0.5) is 11.5 Å². The van der Waals surface area contributed by atoms with Crippen molar-refractivity contribution in [3.63, 3.8) is 0 Å². The van der Waals surface area contributed by atoms with E-state index in [-0.39, 0.29) is 11.7 Å². The summed E-state index contributed by atoms with van der Waals surface area (Å²) in [6, 6.07) is 5.76. The molecule has 1 fully saturated rings. The Morgan fingerprint density at radius 2 is 2.00 bits per heavy atom. The van der Waals surface area contributed by atoms with Gasteiger partial charge in [-0.15, -0.1) is 0 Å². The number of fused-ring (bicyclic) bond motifs is 2. The second kappa shape index (κ2) is 8.30. The number of aromatic nitrogens is 2. The van der Waals surface area contributed by atoms with Crippen molar-refractivity contribution in [2.75, 3.05) is 18.5 Å². The highest BCUT2D eigenvalue weighted by Crippen LogP contribution is 2.45. The van der Waals surface area contributed by atoms with E-state index in [2.05, 4.69) is 31.1 Å². The highest BCUT2D eigenvalue weighted by atomic mass is 16.5. The molecule has 162 valence electrons. The summed E-state index contributed by atoms with van der Waals surface area (Å²) in [5.74, 6) is 3.01. The average Bonchev–Trinajstić information content (AvgIpc) is 2.70. The molecule has 1 aromatic carbocycles. The van der Waals surface area contributed by atoms with Crippen LogP contribution in [-0.2, 0) is 0 Å². The molecule has 0 radical (unpaired) electrons. The van der Waals surface area contributed by atoms with Crippen molar-refractivity contribution in [3.8, 4) is 17.2 Å². The molecule has 2 aliphatic rings. The molecular formula is C23H32N4O3. The van der Waals surface area contributed by atoms with Gasteiger partial charge in [-0.2, -0.15) is 4.98 Å². The van der Waals surface area contributed by atoms with Crippen LogP contribution >= 0.6 is 0 Å². The van der Waals surface area contributed by atoms with Gasteiger partial charge in [0.2, 0.25) is 0 Å². The number of nitrogens with zero attached hydrogens (tertiary/aromatic N) is 2. The van der Waals surface area contributed by atoms with Gasteiger partial charge in [0.25, 0.3) is 0 Å². The minimum absolute atomic E-state index is 0.177. The second-order valence-corrected chi connectivity index (χ2v) is 9.58. The van der Waals surface area contributed by atoms with Crippen LogP contribution in [0.1, 0.15) is 58.9 Å². The fraction of sp³-hybridized carbons (Fsp3) is 0.565. The van der Waals surface area contributed by atoms with Crippen molar-refractivity contribution in [1.82, 2.24) is 9.55 Å². The highest BCUT2D eigenvalue weighted by Gasteiger charge is 2.28. The van der Waals surface area contributed by atoms with Crippen LogP contribution in [0.5, 0.6) is 17.2 Å². The average molecular weight is 413 g/mol. The smallest absolute Gasteiger partial charge is 0.350 e. The van der Waals surface area contributed by atoms with Gasteiger partial charge >= 0.3 is 5.69 Å². The molecule has 3 N–H and O–H groups in total. The van der Waals surface area contributed by atoms with Crippen molar-refractivity contribution >= 4 is 11.5 Å². The lowest BCUT2D eigenvalue weighted by atomic mass is 9.76. The molecule has 2 heterocycles. The standard InChI is InChI=1S/C23H32N4O3/c1-23(2,3)13-15-7-9-16(10-8-15)27-14-19-21(26-22(27)28)25-20-17(29-12-11-24)5-4-6-18(20)30-19/h4-6,14-16H,7-13,24H2,1-3H3,(H,25,26,28). The fourth-order valence-electron chi connectivity index (χ4n) is 4.62. The van der Waals surface area contributed by atoms with Crippen LogP contribution in [0.2, 0.25) is 0 Å². The maximum atomic E-state index is 12.8. The molecule has 4 rings (SSSR count). The lowest BCUT2D eigenvalue weighted by Crippen LogP contribution is -2.31. The van der Waals surface area contributed by atoms with Gasteiger partial charge in [0.15, 0.2) is 17.3 Å². The lowest BCUT2D eigenvalue weighted by molar-refractivity contribution is 0.203. The van der Waals surface area contributed by atoms with E-state index in [1.165, 1.54) is 6.42 Å². The number of hydrogen-bond donors (Lipinski definition) is 2. The van der Waals surface area contributed by atoms with Crippen LogP contribution < -0.4 is 26.2 Å². The molecule has 0 atom stereocenters. The Hall–Kier alpha value is -2.54. The molecule has 1 aromatic heterocycles. The largest absolute Gasteiger partial charge is 0.490 e. The third-order valence-corrected chi connectivity index (χ3v) is 5.86. The zero-order valence-corrected chi connectivity index (χ0v) is 18.1. The first-order valence-electron chi connectivity index (χ1n) is 10.9. The van der Waals surface area contributed by atoms with Crippen molar-refractivity contribution in [1.29, 1.82) is 0 Å². The number of nitrogens with one attached hydrogen (secondary N) is 1. The quantitative estimate of drug-likeness (QED) is 0.636. The third-order valence-electron chi connectivity index (χ3n) is 5.86. The van der Waals surface area contributed by atoms with Gasteiger partial charge in [-0.05, 0) is 55.6 Å². The van der Waals surface area contributed by atoms with Crippen LogP contribution in [0, 0.1) is 11.3 Å². The molecule has 30 heavy (non-hydrogen) atoms. The van der Waals surface area contributed by atoms with E-state index >= 15 is 0 Å². The van der Waals surface area contributed by atoms with Crippen molar-refractivity contribution < 1.29 is 9.47 Å². The molecule has 1 saturated carbocycles. The SMILES string of the molecule is CC(C)(C)CC1CCC(n2cc3c(nc2=O)Nc2c(OCCN)cccc2O3)CC1. The Balaban J connectivity index is 1.52. The number of nitrogens with two attached hydrogens (primary N) is 1. The van der Waals surface area contributed by atoms with E-state index < -0.39 is 0 Å². The summed E-state index contributed by atoms with van der Waals surface area (Å²) in [6.45, 7) is 7.71.